The molecule has 1 aliphatic rings. The molecule has 0 N–H and O–H groups in total. The second-order valence-electron chi connectivity index (χ2n) is 11.0. The first-order valence-corrected chi connectivity index (χ1v) is 13.8. The highest BCUT2D eigenvalue weighted by Gasteiger charge is 2.27. The first-order valence-electron chi connectivity index (χ1n) is 13.8. The summed E-state index contributed by atoms with van der Waals surface area (Å²) in [4.78, 5) is 10.1. The summed E-state index contributed by atoms with van der Waals surface area (Å²) in [6.07, 6.45) is 2.06. The zero-order valence-electron chi connectivity index (χ0n) is 22.6. The van der Waals surface area contributed by atoms with E-state index in [9.17, 15) is 5.26 Å². The molecular weight excluding hydrogens is 466 g/mol. The number of anilines is 1. The summed E-state index contributed by atoms with van der Waals surface area (Å²) in [6.45, 7) is 11.5. The van der Waals surface area contributed by atoms with Crippen molar-refractivity contribution in [2.75, 3.05) is 31.1 Å². The van der Waals surface area contributed by atoms with Crippen LogP contribution in [0.2, 0.25) is 0 Å². The maximum absolute atomic E-state index is 10.2. The largest absolute Gasteiger partial charge is 0.355 e. The van der Waals surface area contributed by atoms with Gasteiger partial charge in [-0.15, -0.1) is 0 Å². The van der Waals surface area contributed by atoms with Gasteiger partial charge in [0.2, 0.25) is 0 Å². The van der Waals surface area contributed by atoms with E-state index in [0.717, 1.165) is 67.8 Å². The lowest BCUT2D eigenvalue weighted by atomic mass is 9.96. The Morgan fingerprint density at radius 1 is 0.921 bits per heavy atom. The van der Waals surface area contributed by atoms with Crippen molar-refractivity contribution in [3.63, 3.8) is 0 Å². The van der Waals surface area contributed by atoms with Crippen molar-refractivity contribution in [1.29, 1.82) is 5.26 Å². The molecule has 1 saturated heterocycles. The molecule has 0 atom stereocenters. The summed E-state index contributed by atoms with van der Waals surface area (Å²) >= 11 is 0. The quantitative estimate of drug-likeness (QED) is 0.259. The van der Waals surface area contributed by atoms with Gasteiger partial charge in [0.25, 0.3) is 0 Å². The molecule has 3 heterocycles. The third-order valence-electron chi connectivity index (χ3n) is 8.12. The van der Waals surface area contributed by atoms with Gasteiger partial charge in [-0.05, 0) is 65.3 Å². The topological polar surface area (TPSA) is 47.6 Å². The molecule has 0 spiro atoms. The Labute approximate surface area is 224 Å². The van der Waals surface area contributed by atoms with Crippen molar-refractivity contribution in [2.45, 2.75) is 40.2 Å². The summed E-state index contributed by atoms with van der Waals surface area (Å²) in [5.74, 6) is 1.83. The molecule has 5 aromatic rings. The molecule has 192 valence electrons. The molecule has 1 aliphatic heterocycles. The fraction of sp³-hybridized carbons (Fsp3) is 0.333. The van der Waals surface area contributed by atoms with Gasteiger partial charge in [0.05, 0.1) is 16.6 Å². The Morgan fingerprint density at radius 3 is 2.45 bits per heavy atom. The minimum Gasteiger partial charge on any atom is -0.355 e. The van der Waals surface area contributed by atoms with Crippen LogP contribution in [0, 0.1) is 24.2 Å². The fourth-order valence-electron chi connectivity index (χ4n) is 6.02. The summed E-state index contributed by atoms with van der Waals surface area (Å²) in [5, 5.41) is 12.8. The second-order valence-corrected chi connectivity index (χ2v) is 11.0. The van der Waals surface area contributed by atoms with E-state index in [1.165, 1.54) is 27.7 Å². The van der Waals surface area contributed by atoms with Crippen LogP contribution in [0.1, 0.15) is 42.5 Å². The van der Waals surface area contributed by atoms with Crippen LogP contribution in [0.5, 0.6) is 0 Å². The van der Waals surface area contributed by atoms with Gasteiger partial charge in [-0.25, -0.2) is 4.98 Å². The molecule has 5 heteroatoms. The first-order chi connectivity index (χ1) is 18.5. The molecule has 3 aromatic carbocycles. The van der Waals surface area contributed by atoms with Crippen LogP contribution < -0.4 is 4.90 Å². The highest BCUT2D eigenvalue weighted by atomic mass is 15.3. The number of imidazole rings is 1. The molecule has 0 unspecified atom stereocenters. The number of fused-ring (bicyclic) bond motifs is 4. The lowest BCUT2D eigenvalue weighted by Crippen LogP contribution is -2.47. The molecule has 0 saturated carbocycles. The minimum atomic E-state index is 0.598. The van der Waals surface area contributed by atoms with Crippen molar-refractivity contribution in [2.24, 2.45) is 5.92 Å². The van der Waals surface area contributed by atoms with Gasteiger partial charge in [-0.1, -0.05) is 68.4 Å². The van der Waals surface area contributed by atoms with Gasteiger partial charge < -0.3 is 4.90 Å². The molecule has 38 heavy (non-hydrogen) atoms. The van der Waals surface area contributed by atoms with Crippen LogP contribution in [0.15, 0.2) is 66.7 Å². The Bertz CT molecular complexity index is 1660. The van der Waals surface area contributed by atoms with Crippen LogP contribution in [-0.4, -0.2) is 40.5 Å². The van der Waals surface area contributed by atoms with Gasteiger partial charge in [-0.2, -0.15) is 5.26 Å². The van der Waals surface area contributed by atoms with Crippen molar-refractivity contribution >= 4 is 33.3 Å². The lowest BCUT2D eigenvalue weighted by molar-refractivity contribution is 0.250. The second kappa shape index (κ2) is 10.1. The van der Waals surface area contributed by atoms with Crippen LogP contribution in [-0.2, 0) is 13.0 Å². The van der Waals surface area contributed by atoms with E-state index in [0.29, 0.717) is 11.5 Å². The summed E-state index contributed by atoms with van der Waals surface area (Å²) < 4.78 is 2.27. The Kier molecular flexibility index (Phi) is 6.51. The van der Waals surface area contributed by atoms with Gasteiger partial charge in [0.15, 0.2) is 5.65 Å². The smallest absolute Gasteiger partial charge is 0.157 e. The zero-order chi connectivity index (χ0) is 26.2. The number of para-hydroxylation sites is 2. The Balaban J connectivity index is 1.38. The average Bonchev–Trinajstić information content (AvgIpc) is 3.31. The third-order valence-corrected chi connectivity index (χ3v) is 8.12. The molecule has 0 amide bonds. The van der Waals surface area contributed by atoms with E-state index in [2.05, 4.69) is 102 Å². The number of rotatable bonds is 6. The number of piperazine rings is 1. The van der Waals surface area contributed by atoms with E-state index in [1.807, 2.05) is 6.07 Å². The highest BCUT2D eigenvalue weighted by Crippen LogP contribution is 2.35. The van der Waals surface area contributed by atoms with E-state index < -0.39 is 0 Å². The molecule has 0 bridgehead atoms. The van der Waals surface area contributed by atoms with Crippen molar-refractivity contribution in [3.8, 4) is 6.07 Å². The normalized spacial score (nSPS) is 14.7. The SMILES string of the molecule is Cc1c(CCC(C)C)c(N2CCN(Cc3cccc4ccccc34)CC2)n2c(nc3ccccc32)c1C#N. The minimum absolute atomic E-state index is 0.598. The molecule has 5 nitrogen and oxygen atoms in total. The number of hydrogen-bond donors (Lipinski definition) is 0. The number of aromatic nitrogens is 2. The van der Waals surface area contributed by atoms with Gasteiger partial charge >= 0.3 is 0 Å². The van der Waals surface area contributed by atoms with E-state index in [-0.39, 0.29) is 0 Å². The predicted molar refractivity (Wildman–Crippen MR) is 157 cm³/mol. The van der Waals surface area contributed by atoms with E-state index in [4.69, 9.17) is 4.98 Å². The molecule has 0 aliphatic carbocycles. The Morgan fingerprint density at radius 2 is 1.66 bits per heavy atom. The van der Waals surface area contributed by atoms with E-state index in [1.54, 1.807) is 0 Å². The number of nitriles is 1. The number of hydrogen-bond acceptors (Lipinski definition) is 4. The highest BCUT2D eigenvalue weighted by molar-refractivity contribution is 5.87. The third kappa shape index (κ3) is 4.29. The van der Waals surface area contributed by atoms with Crippen molar-refractivity contribution < 1.29 is 0 Å². The maximum atomic E-state index is 10.2. The van der Waals surface area contributed by atoms with Crippen molar-refractivity contribution in [1.82, 2.24) is 14.3 Å². The molecular formula is C33H35N5. The van der Waals surface area contributed by atoms with Crippen LogP contribution >= 0.6 is 0 Å². The molecule has 1 fully saturated rings. The van der Waals surface area contributed by atoms with Crippen molar-refractivity contribution in [3.05, 3.63) is 89.0 Å². The van der Waals surface area contributed by atoms with Gasteiger partial charge in [0, 0.05) is 32.7 Å². The Hall–Kier alpha value is -3.88. The maximum Gasteiger partial charge on any atom is 0.157 e. The number of nitrogens with zero attached hydrogens (tertiary/aromatic N) is 5. The fourth-order valence-corrected chi connectivity index (χ4v) is 6.02. The summed E-state index contributed by atoms with van der Waals surface area (Å²) in [6, 6.07) is 26.1. The van der Waals surface area contributed by atoms with Gasteiger partial charge in [0.1, 0.15) is 11.9 Å². The molecule has 0 radical (unpaired) electrons. The van der Waals surface area contributed by atoms with Gasteiger partial charge in [-0.3, -0.25) is 9.30 Å². The monoisotopic (exact) mass is 501 g/mol. The number of benzene rings is 3. The summed E-state index contributed by atoms with van der Waals surface area (Å²) in [7, 11) is 0. The van der Waals surface area contributed by atoms with Crippen LogP contribution in [0.3, 0.4) is 0 Å². The first kappa shape index (κ1) is 24.5. The summed E-state index contributed by atoms with van der Waals surface area (Å²) in [5.41, 5.74) is 7.30. The predicted octanol–water partition coefficient (Wildman–Crippen LogP) is 6.73. The van der Waals surface area contributed by atoms with E-state index >= 15 is 0 Å². The molecule has 6 rings (SSSR count). The van der Waals surface area contributed by atoms with Crippen LogP contribution in [0.25, 0.3) is 27.5 Å². The number of pyridine rings is 1. The zero-order valence-corrected chi connectivity index (χ0v) is 22.6. The average molecular weight is 502 g/mol. The lowest BCUT2D eigenvalue weighted by Gasteiger charge is -2.38. The molecule has 2 aromatic heterocycles. The van der Waals surface area contributed by atoms with Crippen LogP contribution in [0.4, 0.5) is 5.82 Å². The standard InChI is InChI=1S/C33H35N5/c1-23(2)15-16-27-24(3)29(21-34)32-35-30-13-6-7-14-31(30)38(32)33(27)37-19-17-36(18-20-37)22-26-11-8-10-25-9-4-5-12-28(25)26/h4-14,23H,15-20,22H2,1-3H3.